The van der Waals surface area contributed by atoms with E-state index < -0.39 is 17.5 Å². The van der Waals surface area contributed by atoms with Gasteiger partial charge < -0.3 is 15.3 Å². The van der Waals surface area contributed by atoms with Crippen LogP contribution in [-0.4, -0.2) is 32.9 Å². The van der Waals surface area contributed by atoms with Crippen LogP contribution in [0.3, 0.4) is 0 Å². The maximum atomic E-state index is 11.3. The van der Waals surface area contributed by atoms with E-state index in [-0.39, 0.29) is 29.6 Å². The van der Waals surface area contributed by atoms with Crippen molar-refractivity contribution in [3.05, 3.63) is 0 Å². The summed E-state index contributed by atoms with van der Waals surface area (Å²) in [4.78, 5) is 22.5. The van der Waals surface area contributed by atoms with Gasteiger partial charge in [0.1, 0.15) is 0 Å². The lowest BCUT2D eigenvalue weighted by Crippen LogP contribution is -2.55. The van der Waals surface area contributed by atoms with Crippen molar-refractivity contribution in [1.82, 2.24) is 0 Å². The van der Waals surface area contributed by atoms with Gasteiger partial charge in [0.15, 0.2) is 0 Å². The van der Waals surface area contributed by atoms with E-state index in [9.17, 15) is 19.8 Å². The molecule has 5 heteroatoms. The predicted octanol–water partition coefficient (Wildman–Crippen LogP) is 4.33. The Hall–Kier alpha value is -1.10. The molecule has 5 nitrogen and oxygen atoms in total. The molecule has 0 aromatic rings. The van der Waals surface area contributed by atoms with Gasteiger partial charge >= 0.3 is 11.9 Å². The lowest BCUT2D eigenvalue weighted by atomic mass is 9.45. The van der Waals surface area contributed by atoms with Crippen LogP contribution in [-0.2, 0) is 9.59 Å². The molecular weight excluding hydrogens is 344 g/mol. The van der Waals surface area contributed by atoms with Crippen molar-refractivity contribution in [2.75, 3.05) is 0 Å². The van der Waals surface area contributed by atoms with E-state index in [4.69, 9.17) is 5.11 Å². The van der Waals surface area contributed by atoms with E-state index >= 15 is 0 Å². The van der Waals surface area contributed by atoms with Crippen LogP contribution in [0.25, 0.3) is 0 Å². The van der Waals surface area contributed by atoms with Gasteiger partial charge in [-0.2, -0.15) is 0 Å². The van der Waals surface area contributed by atoms with Crippen LogP contribution < -0.4 is 0 Å². The Morgan fingerprint density at radius 3 is 2.15 bits per heavy atom. The van der Waals surface area contributed by atoms with Crippen LogP contribution in [0.2, 0.25) is 0 Å². The Balaban J connectivity index is 1.87. The van der Waals surface area contributed by atoms with Crippen LogP contribution in [0.4, 0.5) is 0 Å². The van der Waals surface area contributed by atoms with E-state index in [2.05, 4.69) is 13.8 Å². The summed E-state index contributed by atoms with van der Waals surface area (Å²) in [5.41, 5.74) is -0.775. The van der Waals surface area contributed by atoms with Gasteiger partial charge in [-0.15, -0.1) is 0 Å². The minimum absolute atomic E-state index is 0.0459. The molecule has 154 valence electrons. The van der Waals surface area contributed by atoms with Gasteiger partial charge in [0.25, 0.3) is 0 Å². The fraction of sp³-hybridized carbons (Fsp3) is 0.909. The zero-order valence-electron chi connectivity index (χ0n) is 17.0. The topological polar surface area (TPSA) is 94.8 Å². The molecule has 3 rings (SSSR count). The van der Waals surface area contributed by atoms with Crippen molar-refractivity contribution in [2.24, 2.45) is 34.5 Å². The highest BCUT2D eigenvalue weighted by Gasteiger charge is 2.62. The highest BCUT2D eigenvalue weighted by atomic mass is 16.4. The fourth-order valence-electron chi connectivity index (χ4n) is 7.32. The number of carboxylic acid groups (broad SMARTS) is 2. The predicted molar refractivity (Wildman–Crippen MR) is 102 cm³/mol. The summed E-state index contributed by atoms with van der Waals surface area (Å²) < 4.78 is 0. The molecule has 3 fully saturated rings. The molecule has 0 aliphatic heterocycles. The highest BCUT2D eigenvalue weighted by Crippen LogP contribution is 2.67. The molecule has 27 heavy (non-hydrogen) atoms. The maximum absolute atomic E-state index is 11.3. The third-order valence-electron chi connectivity index (χ3n) is 9.21. The third-order valence-corrected chi connectivity index (χ3v) is 9.21. The average Bonchev–Trinajstić information content (AvgIpc) is 2.82. The van der Waals surface area contributed by atoms with Crippen LogP contribution in [0.5, 0.6) is 0 Å². The molecule has 3 aliphatic carbocycles. The molecule has 0 spiro atoms. The van der Waals surface area contributed by atoms with Crippen molar-refractivity contribution < 1.29 is 24.9 Å². The Bertz CT molecular complexity index is 600. The van der Waals surface area contributed by atoms with Gasteiger partial charge in [-0.1, -0.05) is 13.8 Å². The number of carboxylic acids is 2. The second kappa shape index (κ2) is 7.06. The van der Waals surface area contributed by atoms with Gasteiger partial charge in [0.2, 0.25) is 0 Å². The standard InChI is InChI=1S/C22H36O5/c1-20(11-10-19(25)26)14(5-7-18(23)24)4-6-15-16(20)8-12-21(2)17(15)9-13-22(21,3)27/h14-17,27H,4-13H2,1-3H3,(H,23,24)(H,25,26)/t14-,15+,16-,17-,20-,21-,22-/m0/s1. The first kappa shape index (κ1) is 20.6. The molecule has 7 atom stereocenters. The molecular formula is C22H36O5. The molecule has 3 saturated carbocycles. The second-order valence-electron chi connectivity index (χ2n) is 10.3. The summed E-state index contributed by atoms with van der Waals surface area (Å²) in [5.74, 6) is 0.214. The molecule has 0 bridgehead atoms. The Morgan fingerprint density at radius 1 is 0.889 bits per heavy atom. The summed E-state index contributed by atoms with van der Waals surface area (Å²) in [7, 11) is 0. The maximum Gasteiger partial charge on any atom is 0.303 e. The summed E-state index contributed by atoms with van der Waals surface area (Å²) in [5, 5.41) is 29.4. The first-order chi connectivity index (χ1) is 12.5. The molecule has 0 radical (unpaired) electrons. The monoisotopic (exact) mass is 380 g/mol. The average molecular weight is 381 g/mol. The number of hydrogen-bond donors (Lipinski definition) is 3. The zero-order chi connectivity index (χ0) is 20.0. The number of aliphatic hydroxyl groups is 1. The molecule has 0 aromatic heterocycles. The summed E-state index contributed by atoms with van der Waals surface area (Å²) >= 11 is 0. The van der Waals surface area contributed by atoms with Crippen molar-refractivity contribution in [1.29, 1.82) is 0 Å². The second-order valence-corrected chi connectivity index (χ2v) is 10.3. The molecule has 3 N–H and O–H groups in total. The fourth-order valence-corrected chi connectivity index (χ4v) is 7.32. The molecule has 0 amide bonds. The van der Waals surface area contributed by atoms with Gasteiger partial charge in [-0.25, -0.2) is 0 Å². The van der Waals surface area contributed by atoms with E-state index in [0.29, 0.717) is 30.6 Å². The number of hydrogen-bond acceptors (Lipinski definition) is 3. The van der Waals surface area contributed by atoms with Gasteiger partial charge in [0.05, 0.1) is 5.60 Å². The highest BCUT2D eigenvalue weighted by molar-refractivity contribution is 5.67. The number of aliphatic carboxylic acids is 2. The summed E-state index contributed by atoms with van der Waals surface area (Å²) in [6.45, 7) is 6.48. The van der Waals surface area contributed by atoms with Crippen molar-refractivity contribution in [3.8, 4) is 0 Å². The van der Waals surface area contributed by atoms with E-state index in [1.54, 1.807) is 0 Å². The number of carbonyl (C=O) groups is 2. The van der Waals surface area contributed by atoms with E-state index in [1.807, 2.05) is 6.92 Å². The van der Waals surface area contributed by atoms with Gasteiger partial charge in [-0.05, 0) is 92.8 Å². The third kappa shape index (κ3) is 3.41. The number of rotatable bonds is 6. The normalized spacial score (nSPS) is 46.5. The molecule has 0 heterocycles. The Morgan fingerprint density at radius 2 is 1.52 bits per heavy atom. The SMILES string of the molecule is C[C@]1(CCC(=O)O)[C@H](CCC(=O)O)CC[C@@H]2[C@@H]1CC[C@@]1(C)[C@H]2CC[C@]1(C)O. The summed E-state index contributed by atoms with van der Waals surface area (Å²) in [6, 6.07) is 0. The van der Waals surface area contributed by atoms with Crippen LogP contribution in [0.1, 0.15) is 85.0 Å². The first-order valence-electron chi connectivity index (χ1n) is 10.7. The molecule has 0 unspecified atom stereocenters. The Kier molecular flexibility index (Phi) is 5.39. The molecule has 3 aliphatic rings. The van der Waals surface area contributed by atoms with Crippen molar-refractivity contribution in [2.45, 2.75) is 90.6 Å². The van der Waals surface area contributed by atoms with E-state index in [0.717, 1.165) is 38.5 Å². The van der Waals surface area contributed by atoms with E-state index in [1.165, 1.54) is 0 Å². The summed E-state index contributed by atoms with van der Waals surface area (Å²) in [6.07, 6.45) is 7.59. The van der Waals surface area contributed by atoms with Crippen LogP contribution in [0.15, 0.2) is 0 Å². The van der Waals surface area contributed by atoms with Crippen molar-refractivity contribution in [3.63, 3.8) is 0 Å². The van der Waals surface area contributed by atoms with Crippen LogP contribution >= 0.6 is 0 Å². The zero-order valence-corrected chi connectivity index (χ0v) is 17.0. The smallest absolute Gasteiger partial charge is 0.303 e. The largest absolute Gasteiger partial charge is 0.481 e. The first-order valence-corrected chi connectivity index (χ1v) is 10.7. The lowest BCUT2D eigenvalue weighted by Gasteiger charge is -2.60. The molecule has 0 saturated heterocycles. The minimum Gasteiger partial charge on any atom is -0.481 e. The Labute approximate surface area is 162 Å². The van der Waals surface area contributed by atoms with Crippen molar-refractivity contribution >= 4 is 11.9 Å². The quantitative estimate of drug-likeness (QED) is 0.638. The molecule has 0 aromatic carbocycles. The van der Waals surface area contributed by atoms with Crippen LogP contribution in [0, 0.1) is 34.5 Å². The minimum atomic E-state index is -0.764. The lowest BCUT2D eigenvalue weighted by molar-refractivity contribution is -0.150. The van der Waals surface area contributed by atoms with Gasteiger partial charge in [-0.3, -0.25) is 9.59 Å². The number of fused-ring (bicyclic) bond motifs is 3. The van der Waals surface area contributed by atoms with Gasteiger partial charge in [0, 0.05) is 12.8 Å².